The number of fused-ring (bicyclic) bond motifs is 1. The maximum Gasteiger partial charge on any atom is 0.261 e. The van der Waals surface area contributed by atoms with Crippen LogP contribution in [0.2, 0.25) is 0 Å². The fourth-order valence-corrected chi connectivity index (χ4v) is 14.4. The summed E-state index contributed by atoms with van der Waals surface area (Å²) in [6.07, 6.45) is 42.5. The molecule has 8 aromatic rings. The van der Waals surface area contributed by atoms with Gasteiger partial charge >= 0.3 is 0 Å². The van der Waals surface area contributed by atoms with Gasteiger partial charge in [0.2, 0.25) is 0 Å². The van der Waals surface area contributed by atoms with Gasteiger partial charge in [-0.25, -0.2) is 0 Å². The van der Waals surface area contributed by atoms with Gasteiger partial charge in [-0.05, 0) is 59.7 Å². The van der Waals surface area contributed by atoms with E-state index < -0.39 is 0 Å². The molecular weight excluding hydrogens is 917 g/mol. The minimum atomic E-state index is -0.182. The second-order valence-corrected chi connectivity index (χ2v) is 24.1. The zero-order chi connectivity index (χ0) is 51.1. The van der Waals surface area contributed by atoms with E-state index in [0.29, 0.717) is 46.5 Å². The number of hydrogen-bond acceptors (Lipinski definition) is 5. The first-order valence-corrected chi connectivity index (χ1v) is 31.3. The summed E-state index contributed by atoms with van der Waals surface area (Å²) in [6, 6.07) is 12.1. The van der Waals surface area contributed by atoms with E-state index in [1.54, 1.807) is 20.5 Å². The Morgan fingerprint density at radius 2 is 0.589 bits per heavy atom. The highest BCUT2D eigenvalue weighted by molar-refractivity contribution is 7.26. The number of nitrogens with zero attached hydrogens (tertiary/aromatic N) is 2. The van der Waals surface area contributed by atoms with E-state index in [2.05, 4.69) is 39.8 Å². The molecule has 7 heteroatoms. The van der Waals surface area contributed by atoms with E-state index in [-0.39, 0.29) is 22.2 Å². The van der Waals surface area contributed by atoms with Crippen LogP contribution >= 0.6 is 11.3 Å². The molecule has 0 aliphatic rings. The van der Waals surface area contributed by atoms with Gasteiger partial charge in [0.1, 0.15) is 0 Å². The summed E-state index contributed by atoms with van der Waals surface area (Å²) in [7, 11) is 0. The van der Waals surface area contributed by atoms with Crippen molar-refractivity contribution in [3.05, 3.63) is 77.8 Å². The fraction of sp³-hybridized carbons (Fsp3) is 0.636. The molecule has 3 heterocycles. The third-order valence-electron chi connectivity index (χ3n) is 17.5. The second kappa shape index (κ2) is 27.6. The van der Waals surface area contributed by atoms with Gasteiger partial charge in [0.15, 0.2) is 0 Å². The summed E-state index contributed by atoms with van der Waals surface area (Å²) in [4.78, 5) is 58.9. The molecule has 0 aliphatic carbocycles. The van der Waals surface area contributed by atoms with Crippen molar-refractivity contribution in [2.75, 3.05) is 0 Å². The van der Waals surface area contributed by atoms with Crippen LogP contribution in [0.15, 0.2) is 55.6 Å². The Hall–Kier alpha value is -4.10. The van der Waals surface area contributed by atoms with Crippen LogP contribution in [0.3, 0.4) is 0 Å². The molecule has 6 nitrogen and oxygen atoms in total. The number of aromatic nitrogens is 2. The Labute approximate surface area is 441 Å². The zero-order valence-electron chi connectivity index (χ0n) is 46.0. The quantitative estimate of drug-likeness (QED) is 0.0220. The van der Waals surface area contributed by atoms with Crippen LogP contribution in [-0.2, 0) is 13.1 Å². The lowest BCUT2D eigenvalue weighted by atomic mass is 9.86. The molecule has 5 aromatic carbocycles. The van der Waals surface area contributed by atoms with Gasteiger partial charge in [-0.3, -0.25) is 28.3 Å². The number of thiophene rings is 1. The summed E-state index contributed by atoms with van der Waals surface area (Å²) in [5.74, 6) is 1.01. The van der Waals surface area contributed by atoms with Gasteiger partial charge in [0.25, 0.3) is 22.2 Å². The maximum absolute atomic E-state index is 14.8. The molecule has 3 aromatic heterocycles. The van der Waals surface area contributed by atoms with Crippen LogP contribution in [-0.4, -0.2) is 9.13 Å². The van der Waals surface area contributed by atoms with E-state index >= 15 is 0 Å². The third kappa shape index (κ3) is 12.8. The first-order valence-electron chi connectivity index (χ1n) is 30.5. The van der Waals surface area contributed by atoms with Crippen LogP contribution in [0, 0.1) is 11.8 Å². The van der Waals surface area contributed by atoms with Crippen molar-refractivity contribution in [1.82, 2.24) is 9.13 Å². The van der Waals surface area contributed by atoms with Crippen molar-refractivity contribution in [2.45, 2.75) is 259 Å². The molecule has 0 radical (unpaired) electrons. The number of unbranched alkanes of at least 4 members (excludes halogenated alkanes) is 24. The van der Waals surface area contributed by atoms with Crippen molar-refractivity contribution >= 4 is 85.4 Å². The molecule has 73 heavy (non-hydrogen) atoms. The summed E-state index contributed by atoms with van der Waals surface area (Å²) < 4.78 is 5.12. The molecule has 0 spiro atoms. The van der Waals surface area contributed by atoms with Gasteiger partial charge < -0.3 is 0 Å². The smallest absolute Gasteiger partial charge is 0.261 e. The van der Waals surface area contributed by atoms with Crippen molar-refractivity contribution in [1.29, 1.82) is 0 Å². The second-order valence-electron chi connectivity index (χ2n) is 23.0. The standard InChI is InChI=1S/C66H92N2O4S/c1-5-9-13-17-21-23-27-31-35-47(33-29-25-19-15-11-7-3)41-43-67-63(69)51-39-37-49-50-38-40-52-58-54(46-56-62(60(50)58)61-55(73-56)45-53(65(67)71)57(51)59(49)61)66(72)68(64(52)70)44-42-48(34-30-26-20-16-12-8-4)36-32-28-24-22-18-14-10-6-2/h37-40,45-48H,5-36,41-44H2,1-4H3. The lowest BCUT2D eigenvalue weighted by molar-refractivity contribution is 0.358. The van der Waals surface area contributed by atoms with Crippen molar-refractivity contribution in [3.63, 3.8) is 0 Å². The Balaban J connectivity index is 1.08. The zero-order valence-corrected chi connectivity index (χ0v) is 46.8. The summed E-state index contributed by atoms with van der Waals surface area (Å²) in [5, 5.41) is 9.94. The lowest BCUT2D eigenvalue weighted by Crippen LogP contribution is -2.34. The molecule has 0 amide bonds. The average molecular weight is 1010 g/mol. The molecule has 0 fully saturated rings. The number of pyridine rings is 2. The van der Waals surface area contributed by atoms with Crippen LogP contribution in [0.4, 0.5) is 0 Å². The Morgan fingerprint density at radius 1 is 0.315 bits per heavy atom. The third-order valence-corrected chi connectivity index (χ3v) is 18.6. The first-order chi connectivity index (χ1) is 35.8. The molecule has 0 bridgehead atoms. The van der Waals surface area contributed by atoms with Gasteiger partial charge in [0, 0.05) is 65.6 Å². The van der Waals surface area contributed by atoms with Crippen LogP contribution in [0.1, 0.15) is 246 Å². The monoisotopic (exact) mass is 1010 g/mol. The van der Waals surface area contributed by atoms with Gasteiger partial charge in [-0.15, -0.1) is 11.3 Å². The SMILES string of the molecule is CCCCCCCCCCC(CCCCCCCC)CCn1c(=O)c2ccc3c4ccc5c(=O)n(CCC(CCCCCCCC)CCCCCCCCCC)c(=O)c6cc7sc8cc(c1=O)c2c3c8c7c4c56. The molecule has 2 atom stereocenters. The highest BCUT2D eigenvalue weighted by Gasteiger charge is 2.27. The van der Waals surface area contributed by atoms with Crippen molar-refractivity contribution < 1.29 is 0 Å². The molecule has 0 aliphatic heterocycles. The Bertz CT molecular complexity index is 2950. The van der Waals surface area contributed by atoms with Crippen LogP contribution in [0.25, 0.3) is 74.0 Å². The van der Waals surface area contributed by atoms with Gasteiger partial charge in [-0.2, -0.15) is 0 Å². The highest BCUT2D eigenvalue weighted by atomic mass is 32.1. The lowest BCUT2D eigenvalue weighted by Gasteiger charge is -2.20. The highest BCUT2D eigenvalue weighted by Crippen LogP contribution is 2.51. The average Bonchev–Trinajstić information content (AvgIpc) is 3.78. The molecule has 8 rings (SSSR count). The van der Waals surface area contributed by atoms with E-state index in [0.717, 1.165) is 65.3 Å². The molecular formula is C66H92N2O4S. The summed E-state index contributed by atoms with van der Waals surface area (Å²) in [6.45, 7) is 9.99. The Kier molecular flexibility index (Phi) is 20.9. The van der Waals surface area contributed by atoms with Crippen LogP contribution in [0.5, 0.6) is 0 Å². The molecule has 0 saturated heterocycles. The number of rotatable bonds is 38. The molecule has 0 N–H and O–H groups in total. The van der Waals surface area contributed by atoms with E-state index in [9.17, 15) is 19.2 Å². The van der Waals surface area contributed by atoms with E-state index in [1.165, 1.54) is 205 Å². The van der Waals surface area contributed by atoms with Gasteiger partial charge in [0.05, 0.1) is 10.8 Å². The first kappa shape index (κ1) is 55.1. The fourth-order valence-electron chi connectivity index (χ4n) is 13.2. The number of hydrogen-bond donors (Lipinski definition) is 0. The van der Waals surface area contributed by atoms with Crippen molar-refractivity contribution in [3.8, 4) is 0 Å². The molecule has 396 valence electrons. The minimum Gasteiger partial charge on any atom is -0.274 e. The largest absolute Gasteiger partial charge is 0.274 e. The number of benzene rings is 5. The Morgan fingerprint density at radius 3 is 0.904 bits per heavy atom. The maximum atomic E-state index is 14.8. The predicted molar refractivity (Wildman–Crippen MR) is 319 cm³/mol. The molecule has 2 unspecified atom stereocenters. The van der Waals surface area contributed by atoms with Crippen LogP contribution < -0.4 is 22.2 Å². The topological polar surface area (TPSA) is 78.1 Å². The summed E-state index contributed by atoms with van der Waals surface area (Å²) >= 11 is 1.64. The van der Waals surface area contributed by atoms with Crippen molar-refractivity contribution in [2.24, 2.45) is 11.8 Å². The predicted octanol–water partition coefficient (Wildman–Crippen LogP) is 19.2. The molecule has 0 saturated carbocycles. The summed E-state index contributed by atoms with van der Waals surface area (Å²) in [5.41, 5.74) is -0.727. The normalized spacial score (nSPS) is 13.4. The van der Waals surface area contributed by atoms with Gasteiger partial charge in [-0.1, -0.05) is 245 Å². The van der Waals surface area contributed by atoms with E-state index in [4.69, 9.17) is 0 Å². The minimum absolute atomic E-state index is 0.181. The van der Waals surface area contributed by atoms with E-state index in [1.807, 2.05) is 24.3 Å².